The first-order chi connectivity index (χ1) is 9.02. The van der Waals surface area contributed by atoms with Crippen LogP contribution in [0.1, 0.15) is 64.7 Å². The summed E-state index contributed by atoms with van der Waals surface area (Å²) in [6.07, 6.45) is 8.28. The Kier molecular flexibility index (Phi) is 4.16. The van der Waals surface area contributed by atoms with Gasteiger partial charge in [0.15, 0.2) is 0 Å². The normalized spacial score (nSPS) is 23.6. The second-order valence-electron chi connectivity index (χ2n) is 6.45. The number of hydrogen-bond acceptors (Lipinski definition) is 2. The number of carbonyl (C=O) groups is 2. The third kappa shape index (κ3) is 2.93. The smallest absolute Gasteiger partial charge is 0.303 e. The van der Waals surface area contributed by atoms with E-state index in [1.165, 1.54) is 0 Å². The lowest BCUT2D eigenvalue weighted by molar-refractivity contribution is -0.142. The highest BCUT2D eigenvalue weighted by Gasteiger charge is 2.43. The summed E-state index contributed by atoms with van der Waals surface area (Å²) in [6.45, 7) is 2.63. The van der Waals surface area contributed by atoms with Crippen LogP contribution in [0.15, 0.2) is 0 Å². The molecule has 0 aromatic carbocycles. The van der Waals surface area contributed by atoms with Crippen molar-refractivity contribution in [3.8, 4) is 0 Å². The number of carboxylic acids is 1. The first kappa shape index (κ1) is 14.4. The second kappa shape index (κ2) is 5.51. The summed E-state index contributed by atoms with van der Waals surface area (Å²) in [5.41, 5.74) is -0.344. The van der Waals surface area contributed by atoms with Crippen molar-refractivity contribution >= 4 is 11.9 Å². The van der Waals surface area contributed by atoms with E-state index in [0.717, 1.165) is 51.4 Å². The number of carbonyl (C=O) groups excluding carboxylic acids is 1. The summed E-state index contributed by atoms with van der Waals surface area (Å²) in [4.78, 5) is 23.3. The largest absolute Gasteiger partial charge is 0.481 e. The molecule has 0 spiro atoms. The molecule has 0 unspecified atom stereocenters. The van der Waals surface area contributed by atoms with Crippen LogP contribution in [0.4, 0.5) is 0 Å². The van der Waals surface area contributed by atoms with E-state index in [9.17, 15) is 9.59 Å². The van der Waals surface area contributed by atoms with E-state index in [-0.39, 0.29) is 23.2 Å². The molecule has 2 rings (SSSR count). The van der Waals surface area contributed by atoms with Crippen molar-refractivity contribution in [3.63, 3.8) is 0 Å². The quantitative estimate of drug-likeness (QED) is 0.777. The maximum atomic E-state index is 12.4. The Balaban J connectivity index is 1.90. The highest BCUT2D eigenvalue weighted by atomic mass is 16.4. The van der Waals surface area contributed by atoms with Gasteiger partial charge in [0.05, 0.1) is 6.42 Å². The van der Waals surface area contributed by atoms with Gasteiger partial charge < -0.3 is 10.4 Å². The number of aliphatic carboxylic acids is 1. The third-order valence-electron chi connectivity index (χ3n) is 5.28. The minimum atomic E-state index is -0.750. The number of nitrogens with one attached hydrogen (secondary N) is 1. The van der Waals surface area contributed by atoms with E-state index >= 15 is 0 Å². The molecule has 2 aliphatic rings. The SMILES string of the molecule is CCC1(C(=O)NCC2(CC(=O)O)CCC2)CCCC1. The lowest BCUT2D eigenvalue weighted by Crippen LogP contribution is -2.47. The Labute approximate surface area is 115 Å². The molecule has 108 valence electrons. The van der Waals surface area contributed by atoms with E-state index in [2.05, 4.69) is 12.2 Å². The molecule has 0 heterocycles. The zero-order chi connectivity index (χ0) is 13.9. The van der Waals surface area contributed by atoms with Crippen molar-refractivity contribution in [2.45, 2.75) is 64.7 Å². The van der Waals surface area contributed by atoms with Crippen LogP contribution < -0.4 is 5.32 Å². The van der Waals surface area contributed by atoms with E-state index in [4.69, 9.17) is 5.11 Å². The third-order valence-corrected chi connectivity index (χ3v) is 5.28. The van der Waals surface area contributed by atoms with Crippen LogP contribution in [0.2, 0.25) is 0 Å². The van der Waals surface area contributed by atoms with Crippen LogP contribution >= 0.6 is 0 Å². The number of rotatable bonds is 6. The fourth-order valence-electron chi connectivity index (χ4n) is 3.66. The molecule has 0 atom stereocenters. The van der Waals surface area contributed by atoms with Gasteiger partial charge in [-0.2, -0.15) is 0 Å². The summed E-state index contributed by atoms with van der Waals surface area (Å²) in [5.74, 6) is -0.593. The minimum absolute atomic E-state index is 0.157. The molecule has 0 radical (unpaired) electrons. The van der Waals surface area contributed by atoms with Gasteiger partial charge >= 0.3 is 5.97 Å². The fourth-order valence-corrected chi connectivity index (χ4v) is 3.66. The number of hydrogen-bond donors (Lipinski definition) is 2. The van der Waals surface area contributed by atoms with Gasteiger partial charge in [0.1, 0.15) is 0 Å². The van der Waals surface area contributed by atoms with E-state index in [0.29, 0.717) is 6.54 Å². The van der Waals surface area contributed by atoms with Crippen molar-refractivity contribution in [3.05, 3.63) is 0 Å². The molecule has 2 fully saturated rings. The van der Waals surface area contributed by atoms with Crippen molar-refractivity contribution in [1.29, 1.82) is 0 Å². The zero-order valence-electron chi connectivity index (χ0n) is 11.8. The summed E-state index contributed by atoms with van der Waals surface area (Å²) >= 11 is 0. The molecular weight excluding hydrogens is 242 g/mol. The Morgan fingerprint density at radius 2 is 1.74 bits per heavy atom. The summed E-state index contributed by atoms with van der Waals surface area (Å²) in [6, 6.07) is 0. The summed E-state index contributed by atoms with van der Waals surface area (Å²) in [7, 11) is 0. The van der Waals surface area contributed by atoms with Gasteiger partial charge in [0.2, 0.25) is 5.91 Å². The Bertz CT molecular complexity index is 354. The highest BCUT2D eigenvalue weighted by molar-refractivity contribution is 5.83. The van der Waals surface area contributed by atoms with Crippen LogP contribution in [-0.4, -0.2) is 23.5 Å². The molecular formula is C15H25NO3. The van der Waals surface area contributed by atoms with Crippen molar-refractivity contribution in [2.24, 2.45) is 10.8 Å². The van der Waals surface area contributed by atoms with Crippen molar-refractivity contribution in [1.82, 2.24) is 5.32 Å². The van der Waals surface area contributed by atoms with Crippen molar-refractivity contribution < 1.29 is 14.7 Å². The monoisotopic (exact) mass is 267 g/mol. The van der Waals surface area contributed by atoms with Crippen molar-refractivity contribution in [2.75, 3.05) is 6.54 Å². The molecule has 0 aliphatic heterocycles. The van der Waals surface area contributed by atoms with Crippen LogP contribution in [0, 0.1) is 10.8 Å². The van der Waals surface area contributed by atoms with E-state index in [1.54, 1.807) is 0 Å². The molecule has 19 heavy (non-hydrogen) atoms. The Morgan fingerprint density at radius 3 is 2.16 bits per heavy atom. The van der Waals surface area contributed by atoms with E-state index < -0.39 is 5.97 Å². The van der Waals surface area contributed by atoms with Gasteiger partial charge in [-0.1, -0.05) is 26.2 Å². The number of carboxylic acid groups (broad SMARTS) is 1. The van der Waals surface area contributed by atoms with Gasteiger partial charge in [-0.3, -0.25) is 9.59 Å². The second-order valence-corrected chi connectivity index (χ2v) is 6.45. The van der Waals surface area contributed by atoms with Gasteiger partial charge in [-0.15, -0.1) is 0 Å². The average Bonchev–Trinajstić information content (AvgIpc) is 2.81. The first-order valence-electron chi connectivity index (χ1n) is 7.52. The molecule has 0 aromatic rings. The molecule has 4 nitrogen and oxygen atoms in total. The standard InChI is InChI=1S/C15H25NO3/c1-2-15(8-3-4-9-15)13(19)16-11-14(6-5-7-14)10-12(17)18/h2-11H2,1H3,(H,16,19)(H,17,18). The van der Waals surface area contributed by atoms with Crippen LogP contribution in [0.3, 0.4) is 0 Å². The first-order valence-corrected chi connectivity index (χ1v) is 7.52. The lowest BCUT2D eigenvalue weighted by Gasteiger charge is -2.41. The van der Waals surface area contributed by atoms with Crippen LogP contribution in [0.5, 0.6) is 0 Å². The molecule has 0 bridgehead atoms. The minimum Gasteiger partial charge on any atom is -0.481 e. The maximum Gasteiger partial charge on any atom is 0.303 e. The molecule has 0 aromatic heterocycles. The molecule has 2 N–H and O–H groups in total. The van der Waals surface area contributed by atoms with Crippen LogP contribution in [-0.2, 0) is 9.59 Å². The van der Waals surface area contributed by atoms with Gasteiger partial charge in [-0.05, 0) is 37.5 Å². The fraction of sp³-hybridized carbons (Fsp3) is 0.867. The molecule has 2 aliphatic carbocycles. The predicted octanol–water partition coefficient (Wildman–Crippen LogP) is 2.72. The lowest BCUT2D eigenvalue weighted by atomic mass is 9.66. The average molecular weight is 267 g/mol. The zero-order valence-corrected chi connectivity index (χ0v) is 11.8. The number of amides is 1. The Hall–Kier alpha value is -1.06. The summed E-state index contributed by atoms with van der Waals surface area (Å²) < 4.78 is 0. The molecule has 0 saturated heterocycles. The maximum absolute atomic E-state index is 12.4. The predicted molar refractivity (Wildman–Crippen MR) is 72.7 cm³/mol. The topological polar surface area (TPSA) is 66.4 Å². The highest BCUT2D eigenvalue weighted by Crippen LogP contribution is 2.45. The molecule has 2 saturated carbocycles. The molecule has 1 amide bonds. The van der Waals surface area contributed by atoms with Gasteiger partial charge in [0, 0.05) is 12.0 Å². The summed E-state index contributed by atoms with van der Waals surface area (Å²) in [5, 5.41) is 12.0. The Morgan fingerprint density at radius 1 is 1.11 bits per heavy atom. The van der Waals surface area contributed by atoms with Gasteiger partial charge in [-0.25, -0.2) is 0 Å². The van der Waals surface area contributed by atoms with E-state index in [1.807, 2.05) is 0 Å². The van der Waals surface area contributed by atoms with Gasteiger partial charge in [0.25, 0.3) is 0 Å². The molecule has 4 heteroatoms. The van der Waals surface area contributed by atoms with Crippen LogP contribution in [0.25, 0.3) is 0 Å².